The first-order valence-corrected chi connectivity index (χ1v) is 10.7. The molecule has 0 heterocycles. The number of nitrogens with one attached hydrogen (secondary N) is 2. The van der Waals surface area contributed by atoms with Crippen molar-refractivity contribution >= 4 is 23.0 Å². The zero-order valence-corrected chi connectivity index (χ0v) is 18.6. The van der Waals surface area contributed by atoms with E-state index < -0.39 is 40.9 Å². The summed E-state index contributed by atoms with van der Waals surface area (Å²) >= 11 is 5.06. The summed E-state index contributed by atoms with van der Waals surface area (Å²) in [5.41, 5.74) is -4.16. The van der Waals surface area contributed by atoms with Crippen LogP contribution in [0.4, 0.5) is 45.2 Å². The predicted octanol–water partition coefficient (Wildman–Crippen LogP) is 7.42. The fraction of sp³-hybridized carbons (Fsp3) is 0.409. The summed E-state index contributed by atoms with van der Waals surface area (Å²) in [4.78, 5) is 0. The highest BCUT2D eigenvalue weighted by Gasteiger charge is 2.37. The van der Waals surface area contributed by atoms with E-state index in [4.69, 9.17) is 17.0 Å². The fourth-order valence-electron chi connectivity index (χ4n) is 3.62. The van der Waals surface area contributed by atoms with Gasteiger partial charge in [0.05, 0.1) is 22.8 Å². The standard InChI is InChI=1S/C22H19F9N2OS/c23-20(24,25)12-1-5-17(6-2-12)34-18-7-3-15(4-8-18)32-19(35)33-16-10-13(21(26,27)28)9-14(11-16)22(29,30)31/h1-2,5-6,9-11,15,18H,3-4,7-8H2,(H2,32,33,35). The Morgan fingerprint density at radius 1 is 0.714 bits per heavy atom. The van der Waals surface area contributed by atoms with Crippen molar-refractivity contribution in [3.63, 3.8) is 0 Å². The maximum absolute atomic E-state index is 13.0. The maximum atomic E-state index is 13.0. The molecular weight excluding hydrogens is 511 g/mol. The molecule has 1 aliphatic rings. The Hall–Kier alpha value is -2.70. The SMILES string of the molecule is FC(F)(F)c1ccc(OC2CCC(NC(=S)Nc3cc(C(F)(F)F)cc(C(F)(F)F)c3)CC2)cc1. The molecule has 13 heteroatoms. The average molecular weight is 530 g/mol. The Balaban J connectivity index is 1.54. The van der Waals surface area contributed by atoms with Crippen LogP contribution >= 0.6 is 12.2 Å². The van der Waals surface area contributed by atoms with Gasteiger partial charge in [-0.1, -0.05) is 0 Å². The molecular formula is C22H19F9N2OS. The Kier molecular flexibility index (Phi) is 7.77. The van der Waals surface area contributed by atoms with Gasteiger partial charge in [-0.2, -0.15) is 39.5 Å². The van der Waals surface area contributed by atoms with Crippen molar-refractivity contribution in [2.75, 3.05) is 5.32 Å². The Morgan fingerprint density at radius 3 is 1.66 bits per heavy atom. The summed E-state index contributed by atoms with van der Waals surface area (Å²) in [6.07, 6.45) is -12.6. The van der Waals surface area contributed by atoms with Crippen LogP contribution in [0.2, 0.25) is 0 Å². The molecule has 2 aromatic rings. The molecule has 0 saturated heterocycles. The van der Waals surface area contributed by atoms with Crippen LogP contribution in [0.1, 0.15) is 42.4 Å². The first-order chi connectivity index (χ1) is 16.1. The third-order valence-corrected chi connectivity index (χ3v) is 5.56. The van der Waals surface area contributed by atoms with E-state index in [1.54, 1.807) is 0 Å². The van der Waals surface area contributed by atoms with Gasteiger partial charge in [-0.05, 0) is 80.4 Å². The third-order valence-electron chi connectivity index (χ3n) is 5.34. The van der Waals surface area contributed by atoms with Crippen LogP contribution in [0.15, 0.2) is 42.5 Å². The van der Waals surface area contributed by atoms with Crippen molar-refractivity contribution in [1.82, 2.24) is 5.32 Å². The second-order valence-corrected chi connectivity index (χ2v) is 8.41. The summed E-state index contributed by atoms with van der Waals surface area (Å²) < 4.78 is 122. The molecule has 3 rings (SSSR count). The van der Waals surface area contributed by atoms with Gasteiger partial charge in [-0.3, -0.25) is 0 Å². The van der Waals surface area contributed by atoms with Crippen LogP contribution < -0.4 is 15.4 Å². The minimum atomic E-state index is -4.97. The monoisotopic (exact) mass is 530 g/mol. The van der Waals surface area contributed by atoms with Gasteiger partial charge < -0.3 is 15.4 Å². The number of rotatable bonds is 4. The van der Waals surface area contributed by atoms with Gasteiger partial charge in [0.2, 0.25) is 0 Å². The van der Waals surface area contributed by atoms with Crippen LogP contribution in [0, 0.1) is 0 Å². The number of halogens is 9. The molecule has 35 heavy (non-hydrogen) atoms. The highest BCUT2D eigenvalue weighted by atomic mass is 32.1. The van der Waals surface area contributed by atoms with E-state index >= 15 is 0 Å². The zero-order valence-electron chi connectivity index (χ0n) is 17.7. The second kappa shape index (κ2) is 10.1. The van der Waals surface area contributed by atoms with Crippen molar-refractivity contribution in [1.29, 1.82) is 0 Å². The molecule has 2 N–H and O–H groups in total. The van der Waals surface area contributed by atoms with E-state index in [2.05, 4.69) is 10.6 Å². The van der Waals surface area contributed by atoms with Crippen molar-refractivity contribution < 1.29 is 44.3 Å². The summed E-state index contributed by atoms with van der Waals surface area (Å²) in [5, 5.41) is 5.11. The Morgan fingerprint density at radius 2 is 1.20 bits per heavy atom. The van der Waals surface area contributed by atoms with Crippen molar-refractivity contribution in [3.8, 4) is 5.75 Å². The topological polar surface area (TPSA) is 33.3 Å². The molecule has 0 bridgehead atoms. The van der Waals surface area contributed by atoms with Crippen LogP contribution in [0.25, 0.3) is 0 Å². The molecule has 0 spiro atoms. The molecule has 1 fully saturated rings. The van der Waals surface area contributed by atoms with E-state index in [1.807, 2.05) is 0 Å². The first kappa shape index (κ1) is 26.9. The second-order valence-electron chi connectivity index (χ2n) is 8.01. The Labute approximate surface area is 199 Å². The van der Waals surface area contributed by atoms with Crippen LogP contribution in [-0.2, 0) is 18.5 Å². The van der Waals surface area contributed by atoms with Crippen molar-refractivity contribution in [2.24, 2.45) is 0 Å². The Bertz CT molecular complexity index is 993. The average Bonchev–Trinajstić information content (AvgIpc) is 2.73. The molecule has 0 unspecified atom stereocenters. The number of alkyl halides is 9. The summed E-state index contributed by atoms with van der Waals surface area (Å²) in [6.45, 7) is 0. The maximum Gasteiger partial charge on any atom is 0.416 e. The minimum absolute atomic E-state index is 0.0274. The molecule has 1 aliphatic carbocycles. The lowest BCUT2D eigenvalue weighted by Gasteiger charge is -2.30. The summed E-state index contributed by atoms with van der Waals surface area (Å²) in [5.74, 6) is 0.289. The molecule has 0 aliphatic heterocycles. The number of benzene rings is 2. The van der Waals surface area contributed by atoms with Crippen molar-refractivity contribution in [3.05, 3.63) is 59.2 Å². The van der Waals surface area contributed by atoms with Gasteiger partial charge in [0.25, 0.3) is 0 Å². The number of ether oxygens (including phenoxy) is 1. The van der Waals surface area contributed by atoms with Gasteiger partial charge >= 0.3 is 18.5 Å². The molecule has 0 amide bonds. The van der Waals surface area contributed by atoms with Crippen LogP contribution in [0.5, 0.6) is 5.75 Å². The van der Waals surface area contributed by atoms with Gasteiger partial charge in [-0.15, -0.1) is 0 Å². The normalized spacial score (nSPS) is 19.2. The van der Waals surface area contributed by atoms with Gasteiger partial charge in [-0.25, -0.2) is 0 Å². The number of hydrogen-bond acceptors (Lipinski definition) is 2. The molecule has 3 nitrogen and oxygen atoms in total. The summed E-state index contributed by atoms with van der Waals surface area (Å²) in [7, 11) is 0. The molecule has 1 saturated carbocycles. The molecule has 2 aromatic carbocycles. The molecule has 0 atom stereocenters. The van der Waals surface area contributed by atoms with E-state index in [1.165, 1.54) is 12.1 Å². The fourth-order valence-corrected chi connectivity index (χ4v) is 3.90. The largest absolute Gasteiger partial charge is 0.490 e. The van der Waals surface area contributed by atoms with Crippen LogP contribution in [-0.4, -0.2) is 17.3 Å². The lowest BCUT2D eigenvalue weighted by molar-refractivity contribution is -0.143. The van der Waals surface area contributed by atoms with E-state index in [0.29, 0.717) is 37.8 Å². The first-order valence-electron chi connectivity index (χ1n) is 10.3. The van der Waals surface area contributed by atoms with Crippen molar-refractivity contribution in [2.45, 2.75) is 56.4 Å². The lowest BCUT2D eigenvalue weighted by atomic mass is 9.93. The highest BCUT2D eigenvalue weighted by Crippen LogP contribution is 2.37. The van der Waals surface area contributed by atoms with Gasteiger partial charge in [0.15, 0.2) is 5.11 Å². The molecule has 192 valence electrons. The highest BCUT2D eigenvalue weighted by molar-refractivity contribution is 7.80. The lowest BCUT2D eigenvalue weighted by Crippen LogP contribution is -2.41. The third kappa shape index (κ3) is 7.64. The molecule has 0 radical (unpaired) electrons. The quantitative estimate of drug-likeness (QED) is 0.319. The summed E-state index contributed by atoms with van der Waals surface area (Å²) in [6, 6.07) is 5.20. The zero-order chi connectivity index (χ0) is 26.0. The number of thiocarbonyl (C=S) groups is 1. The van der Waals surface area contributed by atoms with Gasteiger partial charge in [0, 0.05) is 11.7 Å². The minimum Gasteiger partial charge on any atom is -0.490 e. The smallest absolute Gasteiger partial charge is 0.416 e. The van der Waals surface area contributed by atoms with E-state index in [-0.39, 0.29) is 29.1 Å². The van der Waals surface area contributed by atoms with Gasteiger partial charge in [0.1, 0.15) is 5.75 Å². The number of hydrogen-bond donors (Lipinski definition) is 2. The molecule has 0 aromatic heterocycles. The van der Waals surface area contributed by atoms with E-state index in [0.717, 1.165) is 12.1 Å². The predicted molar refractivity (Wildman–Crippen MR) is 114 cm³/mol. The van der Waals surface area contributed by atoms with E-state index in [9.17, 15) is 39.5 Å². The number of anilines is 1. The van der Waals surface area contributed by atoms with Crippen LogP contribution in [0.3, 0.4) is 0 Å².